The average molecular weight is 328 g/mol. The largest absolute Gasteiger partial charge is 0.379 e. The van der Waals surface area contributed by atoms with Gasteiger partial charge >= 0.3 is 0 Å². The van der Waals surface area contributed by atoms with Crippen molar-refractivity contribution < 1.29 is 14.3 Å². The van der Waals surface area contributed by atoms with Crippen LogP contribution in [0.2, 0.25) is 0 Å². The molecule has 1 saturated heterocycles. The Bertz CT molecular complexity index is 355. The molecule has 134 valence electrons. The van der Waals surface area contributed by atoms with Crippen molar-refractivity contribution in [1.29, 1.82) is 0 Å². The van der Waals surface area contributed by atoms with Gasteiger partial charge in [0.2, 0.25) is 5.91 Å². The first-order valence-electron chi connectivity index (χ1n) is 8.55. The number of carbonyl (C=O) groups excluding carboxylic acids is 1. The van der Waals surface area contributed by atoms with E-state index in [0.29, 0.717) is 19.2 Å². The van der Waals surface area contributed by atoms with Gasteiger partial charge in [-0.05, 0) is 25.7 Å². The van der Waals surface area contributed by atoms with Crippen LogP contribution in [-0.2, 0) is 14.3 Å². The summed E-state index contributed by atoms with van der Waals surface area (Å²) in [5.41, 5.74) is 0. The monoisotopic (exact) mass is 328 g/mol. The molecular weight excluding hydrogens is 296 g/mol. The molecule has 0 aliphatic carbocycles. The molecule has 1 unspecified atom stereocenters. The van der Waals surface area contributed by atoms with Gasteiger partial charge in [0.15, 0.2) is 5.96 Å². The molecule has 1 fully saturated rings. The summed E-state index contributed by atoms with van der Waals surface area (Å²) in [4.78, 5) is 17.4. The smallest absolute Gasteiger partial charge is 0.243 e. The van der Waals surface area contributed by atoms with Gasteiger partial charge in [0, 0.05) is 40.4 Å². The van der Waals surface area contributed by atoms with E-state index in [1.165, 1.54) is 0 Å². The number of nitrogens with one attached hydrogen (secondary N) is 2. The summed E-state index contributed by atoms with van der Waals surface area (Å²) in [5.74, 6) is 0.670. The van der Waals surface area contributed by atoms with Crippen LogP contribution in [0.5, 0.6) is 0 Å². The van der Waals surface area contributed by atoms with Crippen LogP contribution in [0.15, 0.2) is 4.99 Å². The summed E-state index contributed by atoms with van der Waals surface area (Å²) in [6.45, 7) is 6.09. The summed E-state index contributed by atoms with van der Waals surface area (Å²) in [6, 6.07) is 0. The highest BCUT2D eigenvalue weighted by Crippen LogP contribution is 2.11. The Hall–Kier alpha value is -1.34. The standard InChI is InChI=1S/C16H32N4O3/c1-4-8-17-16(19-12-15(21)20(2)3)18-9-6-10-22-13-14-7-5-11-23-14/h14H,4-13H2,1-3H3,(H2,17,18,19). The lowest BCUT2D eigenvalue weighted by Crippen LogP contribution is -2.39. The van der Waals surface area contributed by atoms with E-state index in [-0.39, 0.29) is 18.6 Å². The van der Waals surface area contributed by atoms with Crippen molar-refractivity contribution in [1.82, 2.24) is 15.5 Å². The predicted octanol–water partition coefficient (Wildman–Crippen LogP) is 0.606. The Balaban J connectivity index is 2.16. The normalized spacial score (nSPS) is 18.0. The van der Waals surface area contributed by atoms with Crippen LogP contribution < -0.4 is 10.6 Å². The molecule has 2 N–H and O–H groups in total. The van der Waals surface area contributed by atoms with Crippen molar-refractivity contribution in [3.63, 3.8) is 0 Å². The van der Waals surface area contributed by atoms with E-state index >= 15 is 0 Å². The summed E-state index contributed by atoms with van der Waals surface area (Å²) in [7, 11) is 3.46. The molecule has 1 aliphatic rings. The van der Waals surface area contributed by atoms with Crippen molar-refractivity contribution in [3.05, 3.63) is 0 Å². The minimum atomic E-state index is -0.0116. The fourth-order valence-electron chi connectivity index (χ4n) is 2.08. The number of carbonyl (C=O) groups is 1. The van der Waals surface area contributed by atoms with Gasteiger partial charge in [-0.25, -0.2) is 4.99 Å². The van der Waals surface area contributed by atoms with Gasteiger partial charge in [-0.15, -0.1) is 0 Å². The summed E-state index contributed by atoms with van der Waals surface area (Å²) < 4.78 is 11.1. The van der Waals surface area contributed by atoms with Crippen LogP contribution in [0, 0.1) is 0 Å². The van der Waals surface area contributed by atoms with E-state index in [0.717, 1.165) is 45.4 Å². The lowest BCUT2D eigenvalue weighted by Gasteiger charge is -2.14. The maximum absolute atomic E-state index is 11.6. The Morgan fingerprint density at radius 1 is 1.35 bits per heavy atom. The molecule has 1 rings (SSSR count). The summed E-state index contributed by atoms with van der Waals surface area (Å²) in [5, 5.41) is 6.44. The van der Waals surface area contributed by atoms with Crippen LogP contribution in [0.1, 0.15) is 32.6 Å². The fraction of sp³-hybridized carbons (Fsp3) is 0.875. The van der Waals surface area contributed by atoms with Crippen LogP contribution in [0.3, 0.4) is 0 Å². The highest BCUT2D eigenvalue weighted by Gasteiger charge is 2.14. The van der Waals surface area contributed by atoms with E-state index in [1.54, 1.807) is 19.0 Å². The Morgan fingerprint density at radius 2 is 2.13 bits per heavy atom. The Labute approximate surface area is 139 Å². The molecule has 7 nitrogen and oxygen atoms in total. The number of aliphatic imine (C=N–C) groups is 1. The van der Waals surface area contributed by atoms with Crippen molar-refractivity contribution in [2.24, 2.45) is 4.99 Å². The van der Waals surface area contributed by atoms with E-state index < -0.39 is 0 Å². The number of amides is 1. The summed E-state index contributed by atoms with van der Waals surface area (Å²) in [6.07, 6.45) is 4.43. The third kappa shape index (κ3) is 9.40. The molecule has 7 heteroatoms. The van der Waals surface area contributed by atoms with Gasteiger partial charge in [0.1, 0.15) is 6.54 Å². The zero-order valence-electron chi connectivity index (χ0n) is 14.8. The van der Waals surface area contributed by atoms with E-state index in [2.05, 4.69) is 22.5 Å². The second-order valence-corrected chi connectivity index (χ2v) is 5.87. The minimum absolute atomic E-state index is 0.0116. The average Bonchev–Trinajstić information content (AvgIpc) is 3.05. The Kier molecular flexibility index (Phi) is 10.4. The number of nitrogens with zero attached hydrogens (tertiary/aromatic N) is 2. The zero-order chi connectivity index (χ0) is 16.9. The van der Waals surface area contributed by atoms with Gasteiger partial charge in [-0.1, -0.05) is 6.92 Å². The first kappa shape index (κ1) is 19.7. The molecule has 0 saturated carbocycles. The zero-order valence-corrected chi connectivity index (χ0v) is 14.8. The maximum atomic E-state index is 11.6. The van der Waals surface area contributed by atoms with Gasteiger partial charge < -0.3 is 25.0 Å². The van der Waals surface area contributed by atoms with Gasteiger partial charge in [-0.2, -0.15) is 0 Å². The van der Waals surface area contributed by atoms with Crippen molar-refractivity contribution in [2.75, 3.05) is 53.6 Å². The number of likely N-dealkylation sites (N-methyl/N-ethyl adjacent to an activating group) is 1. The first-order chi connectivity index (χ1) is 11.1. The third-order valence-electron chi connectivity index (χ3n) is 3.50. The lowest BCUT2D eigenvalue weighted by atomic mass is 10.2. The number of guanidine groups is 1. The molecule has 0 spiro atoms. The van der Waals surface area contributed by atoms with Crippen molar-refractivity contribution in [3.8, 4) is 0 Å². The molecular formula is C16H32N4O3. The van der Waals surface area contributed by atoms with Crippen molar-refractivity contribution in [2.45, 2.75) is 38.7 Å². The molecule has 0 aromatic heterocycles. The molecule has 1 amide bonds. The second kappa shape index (κ2) is 12.1. The molecule has 0 bridgehead atoms. The number of rotatable bonds is 10. The number of hydrogen-bond donors (Lipinski definition) is 2. The molecule has 23 heavy (non-hydrogen) atoms. The van der Waals surface area contributed by atoms with Crippen LogP contribution >= 0.6 is 0 Å². The van der Waals surface area contributed by atoms with Crippen LogP contribution in [-0.4, -0.2) is 76.4 Å². The lowest BCUT2D eigenvalue weighted by molar-refractivity contribution is -0.127. The van der Waals surface area contributed by atoms with Crippen LogP contribution in [0.25, 0.3) is 0 Å². The van der Waals surface area contributed by atoms with E-state index in [9.17, 15) is 4.79 Å². The van der Waals surface area contributed by atoms with E-state index in [4.69, 9.17) is 9.47 Å². The predicted molar refractivity (Wildman–Crippen MR) is 91.7 cm³/mol. The number of ether oxygens (including phenoxy) is 2. The van der Waals surface area contributed by atoms with Crippen molar-refractivity contribution >= 4 is 11.9 Å². The molecule has 0 aromatic rings. The molecule has 1 atom stereocenters. The molecule has 0 aromatic carbocycles. The Morgan fingerprint density at radius 3 is 2.78 bits per heavy atom. The second-order valence-electron chi connectivity index (χ2n) is 5.87. The minimum Gasteiger partial charge on any atom is -0.379 e. The number of hydrogen-bond acceptors (Lipinski definition) is 4. The quantitative estimate of drug-likeness (QED) is 0.349. The van der Waals surface area contributed by atoms with Gasteiger partial charge in [0.25, 0.3) is 0 Å². The highest BCUT2D eigenvalue weighted by atomic mass is 16.5. The summed E-state index contributed by atoms with van der Waals surface area (Å²) >= 11 is 0. The third-order valence-corrected chi connectivity index (χ3v) is 3.50. The van der Waals surface area contributed by atoms with Gasteiger partial charge in [-0.3, -0.25) is 4.79 Å². The fourth-order valence-corrected chi connectivity index (χ4v) is 2.08. The maximum Gasteiger partial charge on any atom is 0.243 e. The molecule has 1 aliphatic heterocycles. The van der Waals surface area contributed by atoms with Gasteiger partial charge in [0.05, 0.1) is 12.7 Å². The van der Waals surface area contributed by atoms with Crippen LogP contribution in [0.4, 0.5) is 0 Å². The topological polar surface area (TPSA) is 75.2 Å². The highest BCUT2D eigenvalue weighted by molar-refractivity contribution is 5.84. The molecule has 1 heterocycles. The molecule has 0 radical (unpaired) electrons. The SMILES string of the molecule is CCCNC(=NCC(=O)N(C)C)NCCCOCC1CCCO1. The van der Waals surface area contributed by atoms with E-state index in [1.807, 2.05) is 0 Å². The first-order valence-corrected chi connectivity index (χ1v) is 8.55.